The van der Waals surface area contributed by atoms with Crippen LogP contribution in [0.2, 0.25) is 0 Å². The summed E-state index contributed by atoms with van der Waals surface area (Å²) in [5.74, 6) is 3.30. The van der Waals surface area contributed by atoms with Crippen LogP contribution in [0, 0.1) is 0 Å². The molecule has 1 fully saturated rings. The Kier molecular flexibility index (Phi) is 4.50. The number of ketones is 1. The lowest BCUT2D eigenvalue weighted by atomic mass is 10.1. The van der Waals surface area contributed by atoms with Crippen LogP contribution in [0.1, 0.15) is 19.2 Å². The van der Waals surface area contributed by atoms with Crippen molar-refractivity contribution in [3.63, 3.8) is 0 Å². The highest BCUT2D eigenvalue weighted by atomic mass is 32.2. The van der Waals surface area contributed by atoms with Crippen molar-refractivity contribution >= 4 is 29.3 Å². The average molecular weight is 271 g/mol. The van der Waals surface area contributed by atoms with Gasteiger partial charge in [-0.05, 0) is 6.42 Å². The van der Waals surface area contributed by atoms with Gasteiger partial charge in [-0.3, -0.25) is 9.48 Å². The van der Waals surface area contributed by atoms with Crippen LogP contribution < -0.4 is 0 Å². The van der Waals surface area contributed by atoms with Gasteiger partial charge >= 0.3 is 0 Å². The van der Waals surface area contributed by atoms with Crippen LogP contribution in [-0.2, 0) is 18.3 Å². The van der Waals surface area contributed by atoms with Crippen molar-refractivity contribution in [1.82, 2.24) is 14.8 Å². The molecule has 17 heavy (non-hydrogen) atoms. The fourth-order valence-electron chi connectivity index (χ4n) is 1.94. The van der Waals surface area contributed by atoms with Crippen LogP contribution in [0.4, 0.5) is 0 Å². The molecule has 6 heteroatoms. The summed E-state index contributed by atoms with van der Waals surface area (Å²) in [6, 6.07) is 0. The van der Waals surface area contributed by atoms with Crippen molar-refractivity contribution in [2.24, 2.45) is 7.05 Å². The van der Waals surface area contributed by atoms with Gasteiger partial charge in [0.2, 0.25) is 0 Å². The number of carbonyl (C=O) groups is 1. The summed E-state index contributed by atoms with van der Waals surface area (Å²) in [5.41, 5.74) is 0. The van der Waals surface area contributed by atoms with Gasteiger partial charge in [-0.15, -0.1) is 11.8 Å². The molecule has 1 aromatic heterocycles. The minimum absolute atomic E-state index is 0.135. The summed E-state index contributed by atoms with van der Waals surface area (Å²) in [5, 5.41) is 4.60. The quantitative estimate of drug-likeness (QED) is 0.831. The van der Waals surface area contributed by atoms with Crippen LogP contribution in [0.25, 0.3) is 0 Å². The number of hydrogen-bond donors (Lipinski definition) is 0. The third-order valence-electron chi connectivity index (χ3n) is 2.91. The van der Waals surface area contributed by atoms with Gasteiger partial charge in [-0.2, -0.15) is 16.9 Å². The minimum atomic E-state index is 0.135. The van der Waals surface area contributed by atoms with Gasteiger partial charge in [0.25, 0.3) is 0 Å². The maximum absolute atomic E-state index is 12.3. The van der Waals surface area contributed by atoms with Gasteiger partial charge in [0.15, 0.2) is 5.78 Å². The van der Waals surface area contributed by atoms with E-state index in [4.69, 9.17) is 0 Å². The number of aromatic nitrogens is 3. The molecule has 0 saturated carbocycles. The Morgan fingerprint density at radius 1 is 1.53 bits per heavy atom. The summed E-state index contributed by atoms with van der Waals surface area (Å²) in [6.45, 7) is 2.16. The Morgan fingerprint density at radius 2 is 2.29 bits per heavy atom. The molecule has 2 heterocycles. The zero-order chi connectivity index (χ0) is 12.3. The first kappa shape index (κ1) is 13.0. The summed E-state index contributed by atoms with van der Waals surface area (Å²) in [4.78, 5) is 16.4. The third-order valence-corrected chi connectivity index (χ3v) is 6.20. The van der Waals surface area contributed by atoms with Gasteiger partial charge in [0, 0.05) is 23.8 Å². The fraction of sp³-hybridized carbons (Fsp3) is 0.727. The molecule has 1 aliphatic heterocycles. The largest absolute Gasteiger partial charge is 0.298 e. The molecule has 1 aromatic rings. The minimum Gasteiger partial charge on any atom is -0.298 e. The number of nitrogens with zero attached hydrogens (tertiary/aromatic N) is 3. The van der Waals surface area contributed by atoms with Crippen molar-refractivity contribution in [2.45, 2.75) is 30.3 Å². The second-order valence-corrected chi connectivity index (χ2v) is 6.65. The van der Waals surface area contributed by atoms with E-state index in [9.17, 15) is 4.79 Å². The maximum Gasteiger partial charge on any atom is 0.154 e. The van der Waals surface area contributed by atoms with Gasteiger partial charge < -0.3 is 0 Å². The second kappa shape index (κ2) is 5.91. The van der Waals surface area contributed by atoms with Crippen LogP contribution in [0.3, 0.4) is 0 Å². The molecule has 94 valence electrons. The smallest absolute Gasteiger partial charge is 0.154 e. The summed E-state index contributed by atoms with van der Waals surface area (Å²) in [7, 11) is 1.83. The summed E-state index contributed by atoms with van der Waals surface area (Å²) in [6.07, 6.45) is 2.97. The Balaban J connectivity index is 2.01. The van der Waals surface area contributed by atoms with Crippen molar-refractivity contribution in [3.8, 4) is 0 Å². The number of thioether (sulfide) groups is 2. The number of Topliss-reactive ketones (excluding diaryl/α,β-unsaturated/α-hetero) is 1. The van der Waals surface area contributed by atoms with Gasteiger partial charge in [0.1, 0.15) is 12.2 Å². The Morgan fingerprint density at radius 3 is 2.94 bits per heavy atom. The molecule has 2 rings (SSSR count). The number of rotatable bonds is 4. The zero-order valence-electron chi connectivity index (χ0n) is 10.1. The Labute approximate surface area is 110 Å². The molecular formula is C11H17N3OS2. The molecule has 0 spiro atoms. The molecule has 2 unspecified atom stereocenters. The topological polar surface area (TPSA) is 47.8 Å². The van der Waals surface area contributed by atoms with E-state index in [0.717, 1.165) is 23.8 Å². The standard InChI is InChI=1S/C11H17N3OS2/c1-3-9-11(17-5-4-16-9)8(15)6-10-12-7-13-14(10)2/h7,9,11H,3-6H2,1-2H3. The van der Waals surface area contributed by atoms with E-state index in [-0.39, 0.29) is 5.25 Å². The van der Waals surface area contributed by atoms with E-state index in [2.05, 4.69) is 17.0 Å². The van der Waals surface area contributed by atoms with Crippen LogP contribution in [0.15, 0.2) is 6.33 Å². The number of aryl methyl sites for hydroxylation is 1. The van der Waals surface area contributed by atoms with Crippen molar-refractivity contribution < 1.29 is 4.79 Å². The first-order chi connectivity index (χ1) is 8.22. The zero-order valence-corrected chi connectivity index (χ0v) is 11.8. The van der Waals surface area contributed by atoms with E-state index < -0.39 is 0 Å². The van der Waals surface area contributed by atoms with Crippen molar-refractivity contribution in [3.05, 3.63) is 12.2 Å². The first-order valence-electron chi connectivity index (χ1n) is 5.81. The van der Waals surface area contributed by atoms with Crippen LogP contribution in [0.5, 0.6) is 0 Å². The number of hydrogen-bond acceptors (Lipinski definition) is 5. The maximum atomic E-state index is 12.3. The molecule has 0 amide bonds. The molecule has 0 aromatic carbocycles. The van der Waals surface area contributed by atoms with Crippen molar-refractivity contribution in [1.29, 1.82) is 0 Å². The molecule has 0 N–H and O–H groups in total. The van der Waals surface area contributed by atoms with Crippen molar-refractivity contribution in [2.75, 3.05) is 11.5 Å². The van der Waals surface area contributed by atoms with Gasteiger partial charge in [-0.1, -0.05) is 6.92 Å². The lowest BCUT2D eigenvalue weighted by Gasteiger charge is -2.28. The molecule has 4 nitrogen and oxygen atoms in total. The lowest BCUT2D eigenvalue weighted by molar-refractivity contribution is -0.118. The number of carbonyl (C=O) groups excluding carboxylic acids is 1. The molecule has 0 radical (unpaired) electrons. The SMILES string of the molecule is CCC1SCCSC1C(=O)Cc1ncnn1C. The van der Waals surface area contributed by atoms with Crippen LogP contribution in [-0.4, -0.2) is 42.6 Å². The average Bonchev–Trinajstić information content (AvgIpc) is 2.75. The van der Waals surface area contributed by atoms with E-state index >= 15 is 0 Å². The predicted octanol–water partition coefficient (Wildman–Crippen LogP) is 1.55. The highest BCUT2D eigenvalue weighted by Gasteiger charge is 2.31. The lowest BCUT2D eigenvalue weighted by Crippen LogP contribution is -2.34. The summed E-state index contributed by atoms with van der Waals surface area (Å²) >= 11 is 3.74. The van der Waals surface area contributed by atoms with Gasteiger partial charge in [-0.25, -0.2) is 4.98 Å². The van der Waals surface area contributed by atoms with E-state index in [1.165, 1.54) is 6.33 Å². The Bertz CT molecular complexity index is 394. The fourth-order valence-corrected chi connectivity index (χ4v) is 4.97. The molecule has 2 atom stereocenters. The molecule has 0 bridgehead atoms. The monoisotopic (exact) mass is 271 g/mol. The predicted molar refractivity (Wildman–Crippen MR) is 72.5 cm³/mol. The van der Waals surface area contributed by atoms with E-state index in [0.29, 0.717) is 17.5 Å². The normalized spacial score (nSPS) is 24.8. The molecule has 1 saturated heterocycles. The first-order valence-corrected chi connectivity index (χ1v) is 7.91. The second-order valence-electron chi connectivity index (χ2n) is 4.05. The third kappa shape index (κ3) is 3.04. The molecular weight excluding hydrogens is 254 g/mol. The van der Waals surface area contributed by atoms with E-state index in [1.807, 2.05) is 18.8 Å². The van der Waals surface area contributed by atoms with E-state index in [1.54, 1.807) is 16.4 Å². The Hall–Kier alpha value is -0.490. The molecule has 1 aliphatic rings. The van der Waals surface area contributed by atoms with Gasteiger partial charge in [0.05, 0.1) is 11.7 Å². The van der Waals surface area contributed by atoms with Crippen LogP contribution >= 0.6 is 23.5 Å². The highest BCUT2D eigenvalue weighted by molar-refractivity contribution is 8.07. The highest BCUT2D eigenvalue weighted by Crippen LogP contribution is 2.34. The molecule has 0 aliphatic carbocycles. The summed E-state index contributed by atoms with van der Waals surface area (Å²) < 4.78 is 1.68.